The first kappa shape index (κ1) is 17.9. The maximum absolute atomic E-state index is 10.9. The van der Waals surface area contributed by atoms with E-state index in [1.807, 2.05) is 0 Å². The normalized spacial score (nSPS) is 49.1. The first-order chi connectivity index (χ1) is 11.9. The molecule has 4 fully saturated rings. The van der Waals surface area contributed by atoms with Crippen molar-refractivity contribution < 1.29 is 9.90 Å². The van der Waals surface area contributed by atoms with Crippen LogP contribution in [-0.4, -0.2) is 11.1 Å². The highest BCUT2D eigenvalue weighted by Gasteiger charge is 2.59. The quantitative estimate of drug-likeness (QED) is 0.649. The summed E-state index contributed by atoms with van der Waals surface area (Å²) in [5.41, 5.74) is 1.15. The molecule has 0 aliphatic heterocycles. The summed E-state index contributed by atoms with van der Waals surface area (Å²) in [6, 6.07) is 0. The number of carboxylic acids is 1. The predicted molar refractivity (Wildman–Crippen MR) is 101 cm³/mol. The highest BCUT2D eigenvalue weighted by molar-refractivity contribution is 5.66. The van der Waals surface area contributed by atoms with E-state index in [2.05, 4.69) is 13.8 Å². The van der Waals surface area contributed by atoms with E-state index in [0.29, 0.717) is 17.3 Å². The van der Waals surface area contributed by atoms with Gasteiger partial charge in [-0.05, 0) is 105 Å². The summed E-state index contributed by atoms with van der Waals surface area (Å²) in [6.45, 7) is 5.25. The molecule has 4 aliphatic carbocycles. The third-order valence-electron chi connectivity index (χ3n) is 9.72. The van der Waals surface area contributed by atoms with Crippen molar-refractivity contribution in [3.8, 4) is 0 Å². The summed E-state index contributed by atoms with van der Waals surface area (Å²) < 4.78 is 0. The lowest BCUT2D eigenvalue weighted by Gasteiger charge is -2.60. The van der Waals surface area contributed by atoms with Gasteiger partial charge in [-0.2, -0.15) is 0 Å². The number of hydrogen-bond acceptors (Lipinski definition) is 1. The van der Waals surface area contributed by atoms with E-state index < -0.39 is 5.97 Å². The molecule has 0 radical (unpaired) electrons. The highest BCUT2D eigenvalue weighted by atomic mass is 16.4. The third kappa shape index (κ3) is 2.86. The van der Waals surface area contributed by atoms with Crippen LogP contribution in [0.25, 0.3) is 0 Å². The summed E-state index contributed by atoms with van der Waals surface area (Å²) in [7, 11) is 0. The number of hydrogen-bond donors (Lipinski definition) is 1. The Bertz CT molecular complexity index is 514. The Morgan fingerprint density at radius 2 is 1.72 bits per heavy atom. The smallest absolute Gasteiger partial charge is 0.303 e. The summed E-state index contributed by atoms with van der Waals surface area (Å²) in [4.78, 5) is 10.9. The average molecular weight is 347 g/mol. The van der Waals surface area contributed by atoms with Gasteiger partial charge in [-0.3, -0.25) is 4.79 Å². The average Bonchev–Trinajstić information content (AvgIpc) is 2.91. The van der Waals surface area contributed by atoms with Crippen molar-refractivity contribution in [1.82, 2.24) is 0 Å². The molecule has 4 saturated carbocycles. The molecule has 1 N–H and O–H groups in total. The van der Waals surface area contributed by atoms with Crippen molar-refractivity contribution in [2.45, 2.75) is 97.3 Å². The van der Waals surface area contributed by atoms with Crippen LogP contribution in [0.15, 0.2) is 0 Å². The summed E-state index contributed by atoms with van der Waals surface area (Å²) in [5.74, 6) is 4.08. The topological polar surface area (TPSA) is 37.3 Å². The fourth-order valence-corrected chi connectivity index (χ4v) is 8.38. The minimum absolute atomic E-state index is 0.364. The lowest BCUT2D eigenvalue weighted by molar-refractivity contribution is -0.137. The molecule has 0 amide bonds. The van der Waals surface area contributed by atoms with Crippen molar-refractivity contribution >= 4 is 5.97 Å². The van der Waals surface area contributed by atoms with Crippen LogP contribution in [0.1, 0.15) is 97.3 Å². The second-order valence-electron chi connectivity index (χ2n) is 10.5. The van der Waals surface area contributed by atoms with E-state index in [0.717, 1.165) is 42.4 Å². The summed E-state index contributed by atoms with van der Waals surface area (Å²) in [5, 5.41) is 8.98. The zero-order chi connectivity index (χ0) is 17.7. The molecule has 0 aromatic carbocycles. The molecule has 0 aromatic heterocycles. The lowest BCUT2D eigenvalue weighted by atomic mass is 9.45. The molecular weight excluding hydrogens is 308 g/mol. The zero-order valence-corrected chi connectivity index (χ0v) is 16.4. The summed E-state index contributed by atoms with van der Waals surface area (Å²) >= 11 is 0. The Hall–Kier alpha value is -0.530. The molecule has 7 unspecified atom stereocenters. The maximum Gasteiger partial charge on any atom is 0.303 e. The number of carboxylic acid groups (broad SMARTS) is 1. The summed E-state index contributed by atoms with van der Waals surface area (Å²) in [6.07, 6.45) is 17.0. The standard InChI is InChI=1S/C23H38O2/c1-22-14-4-3-6-16(22)9-11-18-19-12-10-17(7-5-8-21(24)25)23(19,2)15-13-20(18)22/h16-20H,3-15H2,1-2H3,(H,24,25). The SMILES string of the molecule is CC12CCCCC1CCC1C2CCC2(C)C(CCCC(=O)O)CCC12. The minimum atomic E-state index is -0.619. The van der Waals surface area contributed by atoms with Gasteiger partial charge in [0.1, 0.15) is 0 Å². The van der Waals surface area contributed by atoms with Crippen LogP contribution in [0.5, 0.6) is 0 Å². The molecule has 4 aliphatic rings. The molecule has 2 heteroatoms. The van der Waals surface area contributed by atoms with Crippen molar-refractivity contribution in [2.24, 2.45) is 40.4 Å². The van der Waals surface area contributed by atoms with Crippen LogP contribution in [-0.2, 0) is 4.79 Å². The molecule has 2 nitrogen and oxygen atoms in total. The van der Waals surface area contributed by atoms with E-state index in [4.69, 9.17) is 5.11 Å². The number of rotatable bonds is 4. The van der Waals surface area contributed by atoms with Gasteiger partial charge < -0.3 is 5.11 Å². The highest BCUT2D eigenvalue weighted by Crippen LogP contribution is 2.67. The molecule has 4 rings (SSSR count). The van der Waals surface area contributed by atoms with Crippen LogP contribution in [0.2, 0.25) is 0 Å². The Morgan fingerprint density at radius 3 is 2.52 bits per heavy atom. The van der Waals surface area contributed by atoms with Crippen LogP contribution in [0, 0.1) is 40.4 Å². The minimum Gasteiger partial charge on any atom is -0.481 e. The molecule has 0 aromatic rings. The van der Waals surface area contributed by atoms with Crippen LogP contribution >= 0.6 is 0 Å². The van der Waals surface area contributed by atoms with Gasteiger partial charge in [0.15, 0.2) is 0 Å². The zero-order valence-electron chi connectivity index (χ0n) is 16.4. The molecular formula is C23H38O2. The van der Waals surface area contributed by atoms with Gasteiger partial charge in [-0.1, -0.05) is 26.7 Å². The third-order valence-corrected chi connectivity index (χ3v) is 9.72. The fourth-order valence-electron chi connectivity index (χ4n) is 8.38. The van der Waals surface area contributed by atoms with Crippen molar-refractivity contribution in [3.05, 3.63) is 0 Å². The molecule has 25 heavy (non-hydrogen) atoms. The second-order valence-corrected chi connectivity index (χ2v) is 10.5. The Labute approximate surface area is 154 Å². The van der Waals surface area contributed by atoms with Crippen LogP contribution in [0.4, 0.5) is 0 Å². The van der Waals surface area contributed by atoms with Gasteiger partial charge in [-0.15, -0.1) is 0 Å². The first-order valence-corrected chi connectivity index (χ1v) is 11.2. The monoisotopic (exact) mass is 346 g/mol. The van der Waals surface area contributed by atoms with Gasteiger partial charge in [0, 0.05) is 6.42 Å². The number of aliphatic carboxylic acids is 1. The largest absolute Gasteiger partial charge is 0.481 e. The van der Waals surface area contributed by atoms with Gasteiger partial charge in [-0.25, -0.2) is 0 Å². The molecule has 0 saturated heterocycles. The number of fused-ring (bicyclic) bond motifs is 5. The van der Waals surface area contributed by atoms with E-state index in [1.165, 1.54) is 64.2 Å². The van der Waals surface area contributed by atoms with Gasteiger partial charge in [0.2, 0.25) is 0 Å². The van der Waals surface area contributed by atoms with Crippen molar-refractivity contribution in [3.63, 3.8) is 0 Å². The van der Waals surface area contributed by atoms with E-state index in [9.17, 15) is 4.79 Å². The molecule has 0 spiro atoms. The Balaban J connectivity index is 1.48. The molecule has 0 bridgehead atoms. The van der Waals surface area contributed by atoms with Gasteiger partial charge in [0.05, 0.1) is 0 Å². The van der Waals surface area contributed by atoms with Crippen molar-refractivity contribution in [1.29, 1.82) is 0 Å². The van der Waals surface area contributed by atoms with E-state index in [1.54, 1.807) is 0 Å². The number of carbonyl (C=O) groups is 1. The Kier molecular flexibility index (Phi) is 4.69. The fraction of sp³-hybridized carbons (Fsp3) is 0.957. The molecule has 142 valence electrons. The van der Waals surface area contributed by atoms with E-state index >= 15 is 0 Å². The van der Waals surface area contributed by atoms with Crippen LogP contribution < -0.4 is 0 Å². The van der Waals surface area contributed by atoms with E-state index in [-0.39, 0.29) is 0 Å². The van der Waals surface area contributed by atoms with Gasteiger partial charge >= 0.3 is 5.97 Å². The second kappa shape index (κ2) is 6.57. The first-order valence-electron chi connectivity index (χ1n) is 11.2. The molecule has 0 heterocycles. The van der Waals surface area contributed by atoms with Gasteiger partial charge in [0.25, 0.3) is 0 Å². The van der Waals surface area contributed by atoms with Crippen molar-refractivity contribution in [2.75, 3.05) is 0 Å². The Morgan fingerprint density at radius 1 is 0.920 bits per heavy atom. The lowest BCUT2D eigenvalue weighted by Crippen LogP contribution is -2.52. The predicted octanol–water partition coefficient (Wildman–Crippen LogP) is 6.29. The van der Waals surface area contributed by atoms with Crippen LogP contribution in [0.3, 0.4) is 0 Å². The maximum atomic E-state index is 10.9. The molecule has 7 atom stereocenters.